The normalized spacial score (nSPS) is 14.4. The fourth-order valence-electron chi connectivity index (χ4n) is 5.68. The number of benzene rings is 2. The average Bonchev–Trinajstić information content (AvgIpc) is 3.35. The van der Waals surface area contributed by atoms with E-state index in [1.807, 2.05) is 0 Å². The summed E-state index contributed by atoms with van der Waals surface area (Å²) in [4.78, 5) is 30.6. The zero-order valence-electron chi connectivity index (χ0n) is 29.5. The van der Waals surface area contributed by atoms with Crippen LogP contribution in [0.3, 0.4) is 0 Å². The third kappa shape index (κ3) is 11.1. The van der Waals surface area contributed by atoms with Crippen LogP contribution in [0.1, 0.15) is 52.8 Å². The van der Waals surface area contributed by atoms with Crippen molar-refractivity contribution in [2.75, 3.05) is 102 Å². The van der Waals surface area contributed by atoms with Gasteiger partial charge in [0.2, 0.25) is 11.5 Å². The van der Waals surface area contributed by atoms with Crippen molar-refractivity contribution in [3.63, 3.8) is 0 Å². The lowest BCUT2D eigenvalue weighted by Gasteiger charge is -2.25. The molecule has 268 valence electrons. The molecule has 1 aliphatic heterocycles. The molecule has 1 aliphatic rings. The lowest BCUT2D eigenvalue weighted by Crippen LogP contribution is -2.34. The van der Waals surface area contributed by atoms with Crippen molar-refractivity contribution >= 4 is 11.9 Å². The predicted molar refractivity (Wildman–Crippen MR) is 180 cm³/mol. The monoisotopic (exact) mass is 676 g/mol. The Hall–Kier alpha value is -3.94. The first kappa shape index (κ1) is 38.5. The van der Waals surface area contributed by atoms with Crippen LogP contribution in [0, 0.1) is 0 Å². The topological polar surface area (TPSA) is 124 Å². The van der Waals surface area contributed by atoms with Gasteiger partial charge in [-0.15, -0.1) is 0 Å². The Kier molecular flexibility index (Phi) is 16.4. The highest BCUT2D eigenvalue weighted by atomic mass is 16.6. The minimum Gasteiger partial charge on any atom is -0.493 e. The summed E-state index contributed by atoms with van der Waals surface area (Å²) in [6.07, 6.45) is 3.46. The number of nitrogens with zero attached hydrogens (tertiary/aromatic N) is 2. The Labute approximate surface area is 284 Å². The van der Waals surface area contributed by atoms with Crippen LogP contribution in [0.2, 0.25) is 0 Å². The van der Waals surface area contributed by atoms with E-state index in [1.54, 1.807) is 25.3 Å². The molecule has 0 radical (unpaired) electrons. The van der Waals surface area contributed by atoms with Crippen LogP contribution in [-0.2, 0) is 14.2 Å². The molecule has 3 rings (SSSR count). The van der Waals surface area contributed by atoms with E-state index in [2.05, 4.69) is 9.80 Å². The van der Waals surface area contributed by atoms with Gasteiger partial charge in [0.05, 0.1) is 60.4 Å². The van der Waals surface area contributed by atoms with Crippen molar-refractivity contribution in [2.45, 2.75) is 38.2 Å². The third-order valence-electron chi connectivity index (χ3n) is 8.24. The highest BCUT2D eigenvalue weighted by Gasteiger charge is 2.23. The SMILES string of the molecule is COCCCN1CCCN(CCC(CCCOc2cc(C(=O)OC)cc(OC)c2OC)OC(=O)c2cc(OC)c(OC)c(OC)c2)CC1. The molecule has 1 heterocycles. The molecule has 1 atom stereocenters. The highest BCUT2D eigenvalue weighted by molar-refractivity contribution is 5.91. The van der Waals surface area contributed by atoms with Crippen molar-refractivity contribution in [3.05, 3.63) is 35.4 Å². The van der Waals surface area contributed by atoms with Gasteiger partial charge >= 0.3 is 11.9 Å². The summed E-state index contributed by atoms with van der Waals surface area (Å²) in [5, 5.41) is 0. The maximum absolute atomic E-state index is 13.5. The molecule has 2 aromatic rings. The third-order valence-corrected chi connectivity index (χ3v) is 8.24. The van der Waals surface area contributed by atoms with Gasteiger partial charge in [0.25, 0.3) is 0 Å². The minimum absolute atomic E-state index is 0.275. The first-order chi connectivity index (χ1) is 23.3. The predicted octanol–water partition coefficient (Wildman–Crippen LogP) is 4.34. The number of hydrogen-bond acceptors (Lipinski definition) is 13. The summed E-state index contributed by atoms with van der Waals surface area (Å²) in [5.74, 6) is 1.19. The Balaban J connectivity index is 1.71. The van der Waals surface area contributed by atoms with E-state index in [9.17, 15) is 9.59 Å². The molecule has 0 bridgehead atoms. The Morgan fingerprint density at radius 2 is 1.17 bits per heavy atom. The Bertz CT molecular complexity index is 1280. The fraction of sp³-hybridized carbons (Fsp3) is 0.600. The van der Waals surface area contributed by atoms with Crippen molar-refractivity contribution in [2.24, 2.45) is 0 Å². The number of esters is 2. The van der Waals surface area contributed by atoms with E-state index in [1.165, 1.54) is 48.7 Å². The molecule has 1 fully saturated rings. The average molecular weight is 677 g/mol. The van der Waals surface area contributed by atoms with Gasteiger partial charge in [0, 0.05) is 39.9 Å². The second kappa shape index (κ2) is 20.4. The van der Waals surface area contributed by atoms with Gasteiger partial charge in [-0.05, 0) is 69.5 Å². The van der Waals surface area contributed by atoms with Gasteiger partial charge < -0.3 is 52.4 Å². The molecule has 0 aromatic heterocycles. The molecule has 1 unspecified atom stereocenters. The van der Waals surface area contributed by atoms with Gasteiger partial charge in [0.1, 0.15) is 6.10 Å². The molecule has 0 N–H and O–H groups in total. The van der Waals surface area contributed by atoms with E-state index in [-0.39, 0.29) is 18.3 Å². The molecule has 1 saturated heterocycles. The number of carbonyl (C=O) groups is 2. The van der Waals surface area contributed by atoms with E-state index < -0.39 is 11.9 Å². The van der Waals surface area contributed by atoms with Gasteiger partial charge in [-0.1, -0.05) is 0 Å². The number of ether oxygens (including phenoxy) is 9. The van der Waals surface area contributed by atoms with Crippen LogP contribution in [0.5, 0.6) is 34.5 Å². The molecule has 0 amide bonds. The summed E-state index contributed by atoms with van der Waals surface area (Å²) in [5.41, 5.74) is 0.570. The first-order valence-electron chi connectivity index (χ1n) is 16.2. The number of rotatable bonds is 20. The van der Waals surface area contributed by atoms with E-state index in [4.69, 9.17) is 42.6 Å². The molecule has 0 aliphatic carbocycles. The smallest absolute Gasteiger partial charge is 0.338 e. The summed E-state index contributed by atoms with van der Waals surface area (Å²) in [6, 6.07) is 6.28. The van der Waals surface area contributed by atoms with Crippen molar-refractivity contribution in [1.29, 1.82) is 0 Å². The number of hydrogen-bond donors (Lipinski definition) is 0. The molecule has 0 spiro atoms. The van der Waals surface area contributed by atoms with Crippen molar-refractivity contribution < 1.29 is 52.2 Å². The number of carbonyl (C=O) groups excluding carboxylic acids is 2. The summed E-state index contributed by atoms with van der Waals surface area (Å²) >= 11 is 0. The quantitative estimate of drug-likeness (QED) is 0.146. The second-order valence-corrected chi connectivity index (χ2v) is 11.3. The Morgan fingerprint density at radius 3 is 1.71 bits per heavy atom. The zero-order chi connectivity index (χ0) is 34.9. The fourth-order valence-corrected chi connectivity index (χ4v) is 5.68. The van der Waals surface area contributed by atoms with Crippen LogP contribution in [0.25, 0.3) is 0 Å². The second-order valence-electron chi connectivity index (χ2n) is 11.3. The lowest BCUT2D eigenvalue weighted by molar-refractivity contribution is 0.0221. The van der Waals surface area contributed by atoms with E-state index >= 15 is 0 Å². The standard InChI is InChI=1S/C35H52N2O11/c1-40-19-10-15-36-13-9-14-37(18-17-36)16-12-27(48-35(39)26-22-28(41-2)32(44-5)29(23-26)42-3)11-8-20-47-31-24-25(34(38)46-7)21-30(43-4)33(31)45-6/h21-24,27H,8-20H2,1-7H3. The maximum atomic E-state index is 13.5. The molecule has 13 nitrogen and oxygen atoms in total. The molecule has 2 aromatic carbocycles. The van der Waals surface area contributed by atoms with Gasteiger partial charge in [-0.25, -0.2) is 9.59 Å². The first-order valence-corrected chi connectivity index (χ1v) is 16.2. The highest BCUT2D eigenvalue weighted by Crippen LogP contribution is 2.40. The van der Waals surface area contributed by atoms with Gasteiger partial charge in [0.15, 0.2) is 23.0 Å². The minimum atomic E-state index is -0.522. The summed E-state index contributed by atoms with van der Waals surface area (Å²) in [7, 11) is 10.5. The summed E-state index contributed by atoms with van der Waals surface area (Å²) < 4.78 is 49.5. The van der Waals surface area contributed by atoms with E-state index in [0.29, 0.717) is 59.3 Å². The maximum Gasteiger partial charge on any atom is 0.338 e. The molecular formula is C35H52N2O11. The molecule has 13 heteroatoms. The van der Waals surface area contributed by atoms with Crippen LogP contribution in [0.15, 0.2) is 24.3 Å². The van der Waals surface area contributed by atoms with E-state index in [0.717, 1.165) is 58.7 Å². The van der Waals surface area contributed by atoms with Crippen LogP contribution < -0.4 is 28.4 Å². The van der Waals surface area contributed by atoms with Crippen LogP contribution >= 0.6 is 0 Å². The lowest BCUT2D eigenvalue weighted by atomic mass is 10.1. The number of methoxy groups -OCH3 is 7. The molecule has 48 heavy (non-hydrogen) atoms. The van der Waals surface area contributed by atoms with Crippen LogP contribution in [0.4, 0.5) is 0 Å². The Morgan fingerprint density at radius 1 is 0.625 bits per heavy atom. The molecule has 0 saturated carbocycles. The zero-order valence-corrected chi connectivity index (χ0v) is 29.5. The van der Waals surface area contributed by atoms with Gasteiger partial charge in [-0.3, -0.25) is 0 Å². The van der Waals surface area contributed by atoms with Crippen molar-refractivity contribution in [3.8, 4) is 34.5 Å². The van der Waals surface area contributed by atoms with Crippen LogP contribution in [-0.4, -0.2) is 130 Å². The summed E-state index contributed by atoms with van der Waals surface area (Å²) in [6.45, 7) is 6.83. The largest absolute Gasteiger partial charge is 0.493 e. The van der Waals surface area contributed by atoms with Gasteiger partial charge in [-0.2, -0.15) is 0 Å². The molecular weight excluding hydrogens is 624 g/mol. The van der Waals surface area contributed by atoms with Crippen molar-refractivity contribution in [1.82, 2.24) is 9.80 Å².